The zero-order valence-electron chi connectivity index (χ0n) is 10.4. The molecule has 0 N–H and O–H groups in total. The average molecular weight is 227 g/mol. The van der Waals surface area contributed by atoms with Crippen LogP contribution in [0.3, 0.4) is 0 Å². The van der Waals surface area contributed by atoms with Gasteiger partial charge in [0.1, 0.15) is 6.54 Å². The molecule has 0 atom stereocenters. The maximum atomic E-state index is 11.9. The maximum absolute atomic E-state index is 11.9. The van der Waals surface area contributed by atoms with Crippen molar-refractivity contribution in [2.24, 2.45) is 5.92 Å². The molecule has 92 valence electrons. The summed E-state index contributed by atoms with van der Waals surface area (Å²) in [7, 11) is 0. The smallest absolute Gasteiger partial charge is 0.325 e. The molecule has 1 fully saturated rings. The van der Waals surface area contributed by atoms with Crippen LogP contribution in [0.25, 0.3) is 0 Å². The highest BCUT2D eigenvalue weighted by Gasteiger charge is 2.34. The normalized spacial score (nSPS) is 15.0. The van der Waals surface area contributed by atoms with Crippen molar-refractivity contribution in [3.05, 3.63) is 0 Å². The monoisotopic (exact) mass is 227 g/mol. The zero-order valence-corrected chi connectivity index (χ0v) is 10.4. The van der Waals surface area contributed by atoms with E-state index in [1.165, 1.54) is 0 Å². The molecule has 1 saturated carbocycles. The fourth-order valence-corrected chi connectivity index (χ4v) is 1.62. The number of ether oxygens (including phenoxy) is 1. The van der Waals surface area contributed by atoms with Crippen molar-refractivity contribution in [1.82, 2.24) is 4.90 Å². The molecule has 0 spiro atoms. The van der Waals surface area contributed by atoms with Crippen LogP contribution in [0.4, 0.5) is 0 Å². The fraction of sp³-hybridized carbons (Fsp3) is 0.833. The molecule has 1 aliphatic rings. The summed E-state index contributed by atoms with van der Waals surface area (Å²) in [6, 6.07) is 0.274. The number of rotatable bonds is 6. The second-order valence-corrected chi connectivity index (χ2v) is 4.66. The Morgan fingerprint density at radius 2 is 2.00 bits per heavy atom. The molecule has 1 rings (SSSR count). The van der Waals surface area contributed by atoms with Crippen LogP contribution < -0.4 is 0 Å². The first-order valence-electron chi connectivity index (χ1n) is 5.99. The molecule has 4 nitrogen and oxygen atoms in total. The molecular weight excluding hydrogens is 206 g/mol. The van der Waals surface area contributed by atoms with Gasteiger partial charge in [0, 0.05) is 12.5 Å². The van der Waals surface area contributed by atoms with E-state index in [-0.39, 0.29) is 24.5 Å². The van der Waals surface area contributed by atoms with E-state index in [0.29, 0.717) is 18.9 Å². The van der Waals surface area contributed by atoms with Gasteiger partial charge in [-0.1, -0.05) is 13.8 Å². The third-order valence-electron chi connectivity index (χ3n) is 2.50. The molecular formula is C12H21NO3. The minimum Gasteiger partial charge on any atom is -0.465 e. The zero-order chi connectivity index (χ0) is 12.1. The molecule has 0 aromatic carbocycles. The average Bonchev–Trinajstić information content (AvgIpc) is 2.96. The number of carbonyl (C=O) groups excluding carboxylic acids is 2. The molecule has 1 aliphatic carbocycles. The van der Waals surface area contributed by atoms with Crippen molar-refractivity contribution < 1.29 is 14.3 Å². The summed E-state index contributed by atoms with van der Waals surface area (Å²) in [5.41, 5.74) is 0. The maximum Gasteiger partial charge on any atom is 0.325 e. The first-order chi connectivity index (χ1) is 7.54. The topological polar surface area (TPSA) is 46.6 Å². The molecule has 0 bridgehead atoms. The van der Waals surface area contributed by atoms with Crippen molar-refractivity contribution >= 4 is 11.9 Å². The van der Waals surface area contributed by atoms with Crippen LogP contribution in [0.2, 0.25) is 0 Å². The summed E-state index contributed by atoms with van der Waals surface area (Å²) in [5.74, 6) is 0.105. The quantitative estimate of drug-likeness (QED) is 0.647. The number of esters is 1. The third-order valence-corrected chi connectivity index (χ3v) is 2.50. The molecule has 16 heavy (non-hydrogen) atoms. The number of amides is 1. The third kappa shape index (κ3) is 4.21. The lowest BCUT2D eigenvalue weighted by Crippen LogP contribution is -2.38. The first-order valence-corrected chi connectivity index (χ1v) is 5.99. The van der Waals surface area contributed by atoms with Gasteiger partial charge in [-0.15, -0.1) is 0 Å². The number of carbonyl (C=O) groups is 2. The van der Waals surface area contributed by atoms with E-state index in [1.807, 2.05) is 13.8 Å². The molecule has 0 radical (unpaired) electrons. The molecule has 4 heteroatoms. The largest absolute Gasteiger partial charge is 0.465 e. The van der Waals surface area contributed by atoms with E-state index >= 15 is 0 Å². The summed E-state index contributed by atoms with van der Waals surface area (Å²) in [5, 5.41) is 0. The molecule has 0 aromatic heterocycles. The van der Waals surface area contributed by atoms with E-state index in [1.54, 1.807) is 11.8 Å². The van der Waals surface area contributed by atoms with Crippen LogP contribution in [0, 0.1) is 5.92 Å². The van der Waals surface area contributed by atoms with Gasteiger partial charge in [0.15, 0.2) is 0 Å². The molecule has 1 amide bonds. The van der Waals surface area contributed by atoms with E-state index in [0.717, 1.165) is 12.8 Å². The number of nitrogens with zero attached hydrogens (tertiary/aromatic N) is 1. The predicted molar refractivity (Wildman–Crippen MR) is 60.8 cm³/mol. The van der Waals surface area contributed by atoms with Crippen molar-refractivity contribution in [3.8, 4) is 0 Å². The Kier molecular flexibility index (Phi) is 4.77. The Labute approximate surface area is 96.9 Å². The lowest BCUT2D eigenvalue weighted by Gasteiger charge is -2.22. The van der Waals surface area contributed by atoms with Crippen molar-refractivity contribution in [3.63, 3.8) is 0 Å². The summed E-state index contributed by atoms with van der Waals surface area (Å²) >= 11 is 0. The van der Waals surface area contributed by atoms with Crippen molar-refractivity contribution in [2.45, 2.75) is 46.1 Å². The van der Waals surface area contributed by atoms with E-state index in [4.69, 9.17) is 4.74 Å². The molecule has 0 aromatic rings. The van der Waals surface area contributed by atoms with Gasteiger partial charge < -0.3 is 9.64 Å². The minimum atomic E-state index is -0.300. The van der Waals surface area contributed by atoms with Crippen LogP contribution in [0.5, 0.6) is 0 Å². The van der Waals surface area contributed by atoms with Crippen molar-refractivity contribution in [1.29, 1.82) is 0 Å². The van der Waals surface area contributed by atoms with Gasteiger partial charge in [-0.05, 0) is 25.7 Å². The Bertz CT molecular complexity index is 259. The second kappa shape index (κ2) is 5.87. The van der Waals surface area contributed by atoms with E-state index < -0.39 is 0 Å². The fourth-order valence-electron chi connectivity index (χ4n) is 1.62. The summed E-state index contributed by atoms with van der Waals surface area (Å²) in [6.45, 7) is 6.27. The lowest BCUT2D eigenvalue weighted by atomic mass is 10.1. The second-order valence-electron chi connectivity index (χ2n) is 4.66. The standard InChI is InChI=1S/C12H21NO3/c1-4-16-12(15)8-13(10-5-6-10)11(14)7-9(2)3/h9-10H,4-8H2,1-3H3. The van der Waals surface area contributed by atoms with E-state index in [9.17, 15) is 9.59 Å². The molecule has 0 heterocycles. The molecule has 0 saturated heterocycles. The minimum absolute atomic E-state index is 0.0746. The number of hydrogen-bond acceptors (Lipinski definition) is 3. The van der Waals surface area contributed by atoms with Gasteiger partial charge in [-0.25, -0.2) is 0 Å². The van der Waals surface area contributed by atoms with E-state index in [2.05, 4.69) is 0 Å². The van der Waals surface area contributed by atoms with Crippen LogP contribution in [-0.4, -0.2) is 36.0 Å². The van der Waals surface area contributed by atoms with Crippen LogP contribution in [0.15, 0.2) is 0 Å². The Morgan fingerprint density at radius 1 is 1.38 bits per heavy atom. The predicted octanol–water partition coefficient (Wildman–Crippen LogP) is 1.59. The lowest BCUT2D eigenvalue weighted by molar-refractivity contribution is -0.149. The van der Waals surface area contributed by atoms with Gasteiger partial charge in [-0.2, -0.15) is 0 Å². The highest BCUT2D eigenvalue weighted by atomic mass is 16.5. The van der Waals surface area contributed by atoms with Gasteiger partial charge >= 0.3 is 5.97 Å². The van der Waals surface area contributed by atoms with Crippen LogP contribution >= 0.6 is 0 Å². The Morgan fingerprint density at radius 3 is 2.44 bits per heavy atom. The molecule has 0 unspecified atom stereocenters. The van der Waals surface area contributed by atoms with Gasteiger partial charge in [-0.3, -0.25) is 9.59 Å². The summed E-state index contributed by atoms with van der Waals surface area (Å²) < 4.78 is 4.87. The summed E-state index contributed by atoms with van der Waals surface area (Å²) in [6.07, 6.45) is 2.54. The van der Waals surface area contributed by atoms with Crippen LogP contribution in [0.1, 0.15) is 40.0 Å². The highest BCUT2D eigenvalue weighted by Crippen LogP contribution is 2.27. The summed E-state index contributed by atoms with van der Waals surface area (Å²) in [4.78, 5) is 24.9. The van der Waals surface area contributed by atoms with Crippen LogP contribution in [-0.2, 0) is 14.3 Å². The van der Waals surface area contributed by atoms with Crippen molar-refractivity contribution in [2.75, 3.05) is 13.2 Å². The molecule has 0 aliphatic heterocycles. The Balaban J connectivity index is 2.47. The Hall–Kier alpha value is -1.06. The SMILES string of the molecule is CCOC(=O)CN(C(=O)CC(C)C)C1CC1. The number of hydrogen-bond donors (Lipinski definition) is 0. The van der Waals surface area contributed by atoms with Gasteiger partial charge in [0.25, 0.3) is 0 Å². The first kappa shape index (κ1) is 13.0. The highest BCUT2D eigenvalue weighted by molar-refractivity contribution is 5.82. The van der Waals surface area contributed by atoms with Gasteiger partial charge in [0.2, 0.25) is 5.91 Å². The van der Waals surface area contributed by atoms with Gasteiger partial charge in [0.05, 0.1) is 6.61 Å².